The molecule has 3 heterocycles. The molecule has 2 aliphatic rings. The highest BCUT2D eigenvalue weighted by Gasteiger charge is 2.31. The van der Waals surface area contributed by atoms with Gasteiger partial charge in [0.1, 0.15) is 11.0 Å². The second kappa shape index (κ2) is 5.96. The molecule has 2 saturated heterocycles. The van der Waals surface area contributed by atoms with E-state index in [0.29, 0.717) is 29.1 Å². The van der Waals surface area contributed by atoms with Gasteiger partial charge in [-0.2, -0.15) is 5.26 Å². The van der Waals surface area contributed by atoms with Gasteiger partial charge in [-0.3, -0.25) is 4.90 Å². The summed E-state index contributed by atoms with van der Waals surface area (Å²) in [5.74, 6) is 0.626. The molecule has 0 saturated carbocycles. The Morgan fingerprint density at radius 3 is 3.30 bits per heavy atom. The van der Waals surface area contributed by atoms with Crippen LogP contribution in [0.4, 0.5) is 5.82 Å². The number of nitriles is 1. The lowest BCUT2D eigenvalue weighted by atomic mass is 10.2. The molecular formula is C14H17ClN4O. The van der Waals surface area contributed by atoms with E-state index >= 15 is 0 Å². The van der Waals surface area contributed by atoms with E-state index in [1.54, 1.807) is 12.1 Å². The van der Waals surface area contributed by atoms with Gasteiger partial charge in [0.05, 0.1) is 24.3 Å². The summed E-state index contributed by atoms with van der Waals surface area (Å²) in [5.41, 5.74) is 0.511. The SMILES string of the molecule is N#Cc1cc(Cl)nc(NCC2CN3CCCC3CO2)c1. The third-order valence-corrected chi connectivity index (χ3v) is 4.09. The first-order valence-electron chi connectivity index (χ1n) is 6.92. The van der Waals surface area contributed by atoms with Gasteiger partial charge in [-0.15, -0.1) is 0 Å². The van der Waals surface area contributed by atoms with Crippen molar-refractivity contribution in [2.45, 2.75) is 25.0 Å². The Bertz CT molecular complexity index is 530. The fourth-order valence-corrected chi connectivity index (χ4v) is 3.09. The molecule has 0 spiro atoms. The predicted octanol–water partition coefficient (Wildman–Crippen LogP) is 1.88. The van der Waals surface area contributed by atoms with E-state index in [4.69, 9.17) is 21.6 Å². The first-order chi connectivity index (χ1) is 9.74. The quantitative estimate of drug-likeness (QED) is 0.862. The van der Waals surface area contributed by atoms with E-state index in [-0.39, 0.29) is 6.10 Å². The third kappa shape index (κ3) is 3.04. The number of rotatable bonds is 3. The summed E-state index contributed by atoms with van der Waals surface area (Å²) in [6.45, 7) is 3.64. The van der Waals surface area contributed by atoms with Crippen LogP contribution in [0.3, 0.4) is 0 Å². The highest BCUT2D eigenvalue weighted by atomic mass is 35.5. The minimum Gasteiger partial charge on any atom is -0.373 e. The number of anilines is 1. The molecule has 2 unspecified atom stereocenters. The van der Waals surface area contributed by atoms with Gasteiger partial charge in [0.2, 0.25) is 0 Å². The van der Waals surface area contributed by atoms with Crippen molar-refractivity contribution in [3.63, 3.8) is 0 Å². The number of morpholine rings is 1. The molecule has 2 fully saturated rings. The van der Waals surface area contributed by atoms with Crippen LogP contribution in [0.2, 0.25) is 5.15 Å². The molecular weight excluding hydrogens is 276 g/mol. The lowest BCUT2D eigenvalue weighted by Crippen LogP contribution is -2.48. The fourth-order valence-electron chi connectivity index (χ4n) is 2.88. The fraction of sp³-hybridized carbons (Fsp3) is 0.571. The molecule has 2 aliphatic heterocycles. The molecule has 5 nitrogen and oxygen atoms in total. The van der Waals surface area contributed by atoms with Crippen LogP contribution < -0.4 is 5.32 Å². The van der Waals surface area contributed by atoms with Crippen LogP contribution in [0, 0.1) is 11.3 Å². The predicted molar refractivity (Wildman–Crippen MR) is 76.8 cm³/mol. The van der Waals surface area contributed by atoms with Crippen molar-refractivity contribution >= 4 is 17.4 Å². The first kappa shape index (κ1) is 13.6. The van der Waals surface area contributed by atoms with Gasteiger partial charge in [0.25, 0.3) is 0 Å². The zero-order valence-corrected chi connectivity index (χ0v) is 11.9. The molecule has 0 aromatic carbocycles. The van der Waals surface area contributed by atoms with Crippen LogP contribution in [0.15, 0.2) is 12.1 Å². The lowest BCUT2D eigenvalue weighted by Gasteiger charge is -2.35. The average Bonchev–Trinajstić information content (AvgIpc) is 2.92. The van der Waals surface area contributed by atoms with Crippen LogP contribution in [-0.4, -0.2) is 48.3 Å². The van der Waals surface area contributed by atoms with Gasteiger partial charge in [-0.05, 0) is 31.5 Å². The largest absolute Gasteiger partial charge is 0.373 e. The molecule has 0 bridgehead atoms. The summed E-state index contributed by atoms with van der Waals surface area (Å²) in [6.07, 6.45) is 2.69. The van der Waals surface area contributed by atoms with Crippen LogP contribution in [-0.2, 0) is 4.74 Å². The standard InChI is InChI=1S/C14H17ClN4O/c15-13-4-10(6-16)5-14(18-13)17-7-12-8-19-3-1-2-11(19)9-20-12/h4-5,11-12H,1-3,7-9H2,(H,17,18). The minimum atomic E-state index is 0.163. The molecule has 20 heavy (non-hydrogen) atoms. The number of aromatic nitrogens is 1. The van der Waals surface area contributed by atoms with Crippen molar-refractivity contribution < 1.29 is 4.74 Å². The second-order valence-electron chi connectivity index (χ2n) is 5.30. The molecule has 1 aromatic rings. The Morgan fingerprint density at radius 2 is 2.45 bits per heavy atom. The third-order valence-electron chi connectivity index (χ3n) is 3.90. The maximum Gasteiger partial charge on any atom is 0.132 e. The van der Waals surface area contributed by atoms with Gasteiger partial charge in [0, 0.05) is 19.1 Å². The van der Waals surface area contributed by atoms with Gasteiger partial charge in [-0.1, -0.05) is 11.6 Å². The Balaban J connectivity index is 1.57. The molecule has 106 valence electrons. The highest BCUT2D eigenvalue weighted by molar-refractivity contribution is 6.29. The summed E-state index contributed by atoms with van der Waals surface area (Å²) in [5, 5.41) is 12.5. The van der Waals surface area contributed by atoms with Crippen molar-refractivity contribution in [3.05, 3.63) is 22.8 Å². The van der Waals surface area contributed by atoms with Gasteiger partial charge in [0.15, 0.2) is 0 Å². The molecule has 6 heteroatoms. The second-order valence-corrected chi connectivity index (χ2v) is 5.69. The normalized spacial score (nSPS) is 26.0. The molecule has 1 aromatic heterocycles. The van der Waals surface area contributed by atoms with E-state index in [9.17, 15) is 0 Å². The number of ether oxygens (including phenoxy) is 1. The number of hydrogen-bond donors (Lipinski definition) is 1. The van der Waals surface area contributed by atoms with Gasteiger partial charge in [-0.25, -0.2) is 4.98 Å². The van der Waals surface area contributed by atoms with Crippen LogP contribution in [0.25, 0.3) is 0 Å². The van der Waals surface area contributed by atoms with Crippen LogP contribution in [0.5, 0.6) is 0 Å². The van der Waals surface area contributed by atoms with E-state index in [1.807, 2.05) is 0 Å². The molecule has 3 rings (SSSR count). The van der Waals surface area contributed by atoms with Crippen molar-refractivity contribution in [2.75, 3.05) is 31.6 Å². The summed E-state index contributed by atoms with van der Waals surface area (Å²) < 4.78 is 5.87. The molecule has 0 amide bonds. The van der Waals surface area contributed by atoms with Gasteiger partial charge >= 0.3 is 0 Å². The Kier molecular flexibility index (Phi) is 4.06. The molecule has 0 radical (unpaired) electrons. The number of fused-ring (bicyclic) bond motifs is 1. The number of halogens is 1. The average molecular weight is 293 g/mol. The summed E-state index contributed by atoms with van der Waals surface area (Å²) >= 11 is 5.88. The molecule has 2 atom stereocenters. The van der Waals surface area contributed by atoms with Crippen LogP contribution >= 0.6 is 11.6 Å². The summed E-state index contributed by atoms with van der Waals surface area (Å²) in [7, 11) is 0. The van der Waals surface area contributed by atoms with Crippen molar-refractivity contribution in [2.24, 2.45) is 0 Å². The smallest absolute Gasteiger partial charge is 0.132 e. The van der Waals surface area contributed by atoms with Crippen molar-refractivity contribution in [3.8, 4) is 6.07 Å². The Hall–Kier alpha value is -1.35. The number of hydrogen-bond acceptors (Lipinski definition) is 5. The van der Waals surface area contributed by atoms with E-state index in [0.717, 1.165) is 13.2 Å². The lowest BCUT2D eigenvalue weighted by molar-refractivity contribution is -0.0416. The van der Waals surface area contributed by atoms with E-state index in [1.165, 1.54) is 19.4 Å². The van der Waals surface area contributed by atoms with Crippen molar-refractivity contribution in [1.82, 2.24) is 9.88 Å². The number of nitrogens with one attached hydrogen (secondary N) is 1. The first-order valence-corrected chi connectivity index (χ1v) is 7.29. The molecule has 1 N–H and O–H groups in total. The zero-order valence-electron chi connectivity index (χ0n) is 11.2. The summed E-state index contributed by atoms with van der Waals surface area (Å²) in [6, 6.07) is 5.94. The molecule has 0 aliphatic carbocycles. The van der Waals surface area contributed by atoms with E-state index in [2.05, 4.69) is 21.3 Å². The number of pyridine rings is 1. The highest BCUT2D eigenvalue weighted by Crippen LogP contribution is 2.23. The van der Waals surface area contributed by atoms with Crippen LogP contribution in [0.1, 0.15) is 18.4 Å². The maximum absolute atomic E-state index is 8.91. The minimum absolute atomic E-state index is 0.163. The summed E-state index contributed by atoms with van der Waals surface area (Å²) in [4.78, 5) is 6.67. The van der Waals surface area contributed by atoms with Gasteiger partial charge < -0.3 is 10.1 Å². The Labute approximate surface area is 123 Å². The maximum atomic E-state index is 8.91. The Morgan fingerprint density at radius 1 is 1.55 bits per heavy atom. The number of nitrogens with zero attached hydrogens (tertiary/aromatic N) is 3. The zero-order chi connectivity index (χ0) is 13.9. The monoisotopic (exact) mass is 292 g/mol. The topological polar surface area (TPSA) is 61.2 Å². The van der Waals surface area contributed by atoms with E-state index < -0.39 is 0 Å². The van der Waals surface area contributed by atoms with Crippen molar-refractivity contribution in [1.29, 1.82) is 5.26 Å².